The van der Waals surface area contributed by atoms with Crippen molar-refractivity contribution in [2.75, 3.05) is 32.7 Å². The average Bonchev–Trinajstić information content (AvgIpc) is 2.56. The van der Waals surface area contributed by atoms with Gasteiger partial charge in [-0.15, -0.1) is 0 Å². The monoisotopic (exact) mass is 368 g/mol. The Hall–Kier alpha value is -1.56. The van der Waals surface area contributed by atoms with Crippen LogP contribution in [0.5, 0.6) is 0 Å². The number of ketones is 3. The van der Waals surface area contributed by atoms with E-state index in [9.17, 15) is 19.2 Å². The lowest BCUT2D eigenvalue weighted by molar-refractivity contribution is -0.139. The maximum atomic E-state index is 12.4. The van der Waals surface area contributed by atoms with Crippen LogP contribution < -0.4 is 0 Å². The van der Waals surface area contributed by atoms with E-state index in [2.05, 4.69) is 0 Å². The summed E-state index contributed by atoms with van der Waals surface area (Å²) in [5, 5.41) is 0. The quantitative estimate of drug-likeness (QED) is 0.498. The van der Waals surface area contributed by atoms with Gasteiger partial charge in [-0.25, -0.2) is 0 Å². The Morgan fingerprint density at radius 3 is 1.62 bits per heavy atom. The van der Waals surface area contributed by atoms with Gasteiger partial charge in [0.2, 0.25) is 5.91 Å². The van der Waals surface area contributed by atoms with E-state index in [-0.39, 0.29) is 60.6 Å². The normalized spacial score (nSPS) is 11.5. The second-order valence-corrected chi connectivity index (χ2v) is 7.76. The molecule has 6 nitrogen and oxygen atoms in total. The van der Waals surface area contributed by atoms with E-state index in [1.54, 1.807) is 30.6 Å². The molecule has 0 heterocycles. The van der Waals surface area contributed by atoms with Gasteiger partial charge < -0.3 is 4.90 Å². The van der Waals surface area contributed by atoms with Gasteiger partial charge in [0.1, 0.15) is 11.6 Å². The summed E-state index contributed by atoms with van der Waals surface area (Å²) in [4.78, 5) is 51.8. The number of rotatable bonds is 13. The lowest BCUT2D eigenvalue weighted by Crippen LogP contribution is -2.46. The molecule has 0 aliphatic heterocycles. The number of Topliss-reactive ketones (excluding diaryl/α,β-unsaturated/α-hetero) is 3. The second-order valence-electron chi connectivity index (χ2n) is 7.76. The number of hydrogen-bond acceptors (Lipinski definition) is 5. The highest BCUT2D eigenvalue weighted by molar-refractivity contribution is 5.88. The molecule has 0 fully saturated rings. The van der Waals surface area contributed by atoms with E-state index in [1.807, 2.05) is 27.7 Å². The standard InChI is InChI=1S/C20H36N2O4/c1-8-17(23)11-21(12-18(24)14(2)3)9-10-22(20(26)16(6)7)13-19(25)15(4)5/h14-16H,8-13H2,1-7H3. The third kappa shape index (κ3) is 9.22. The molecule has 1 amide bonds. The molecule has 0 aliphatic carbocycles. The van der Waals surface area contributed by atoms with Crippen LogP contribution in [0.4, 0.5) is 0 Å². The van der Waals surface area contributed by atoms with Crippen molar-refractivity contribution in [2.24, 2.45) is 17.8 Å². The Balaban J connectivity index is 5.10. The highest BCUT2D eigenvalue weighted by atomic mass is 16.2. The molecule has 0 aromatic heterocycles. The Labute approximate surface area is 158 Å². The summed E-state index contributed by atoms with van der Waals surface area (Å²) in [6, 6.07) is 0. The van der Waals surface area contributed by atoms with E-state index in [0.29, 0.717) is 19.5 Å². The number of hydrogen-bond donors (Lipinski definition) is 0. The molecule has 0 saturated carbocycles. The molecule has 150 valence electrons. The summed E-state index contributed by atoms with van der Waals surface area (Å²) in [5.41, 5.74) is 0. The number of nitrogens with zero attached hydrogens (tertiary/aromatic N) is 2. The van der Waals surface area contributed by atoms with Gasteiger partial charge in [0.05, 0.1) is 19.6 Å². The first-order chi connectivity index (χ1) is 12.0. The van der Waals surface area contributed by atoms with Crippen LogP contribution in [-0.4, -0.2) is 65.8 Å². The molecule has 0 aromatic carbocycles. The zero-order valence-corrected chi connectivity index (χ0v) is 17.5. The molecule has 0 rings (SSSR count). The third-order valence-corrected chi connectivity index (χ3v) is 4.30. The van der Waals surface area contributed by atoms with Crippen LogP contribution in [0.3, 0.4) is 0 Å². The maximum Gasteiger partial charge on any atom is 0.225 e. The van der Waals surface area contributed by atoms with Gasteiger partial charge in [-0.2, -0.15) is 0 Å². The molecule has 26 heavy (non-hydrogen) atoms. The van der Waals surface area contributed by atoms with Crippen LogP contribution in [0.1, 0.15) is 54.9 Å². The molecule has 0 unspecified atom stereocenters. The minimum atomic E-state index is -0.210. The van der Waals surface area contributed by atoms with E-state index in [0.717, 1.165) is 0 Å². The average molecular weight is 369 g/mol. The lowest BCUT2D eigenvalue weighted by Gasteiger charge is -2.28. The molecule has 0 aliphatic rings. The predicted molar refractivity (Wildman–Crippen MR) is 103 cm³/mol. The summed E-state index contributed by atoms with van der Waals surface area (Å²) < 4.78 is 0. The number of amides is 1. The third-order valence-electron chi connectivity index (χ3n) is 4.30. The molecule has 0 N–H and O–H groups in total. The molecular formula is C20H36N2O4. The zero-order chi connectivity index (χ0) is 20.4. The largest absolute Gasteiger partial charge is 0.334 e. The van der Waals surface area contributed by atoms with E-state index in [4.69, 9.17) is 0 Å². The van der Waals surface area contributed by atoms with Crippen molar-refractivity contribution in [3.05, 3.63) is 0 Å². The van der Waals surface area contributed by atoms with Gasteiger partial charge in [0.15, 0.2) is 5.78 Å². The van der Waals surface area contributed by atoms with Gasteiger partial charge in [-0.05, 0) is 0 Å². The molecule has 0 bridgehead atoms. The SMILES string of the molecule is CCC(=O)CN(CCN(CC(=O)C(C)C)C(=O)C(C)C)CC(=O)C(C)C. The summed E-state index contributed by atoms with van der Waals surface area (Å²) in [7, 11) is 0. The van der Waals surface area contributed by atoms with Crippen molar-refractivity contribution in [3.8, 4) is 0 Å². The number of carbonyl (C=O) groups is 4. The fraction of sp³-hybridized carbons (Fsp3) is 0.800. The minimum Gasteiger partial charge on any atom is -0.334 e. The fourth-order valence-corrected chi connectivity index (χ4v) is 2.24. The van der Waals surface area contributed by atoms with Crippen molar-refractivity contribution in [1.29, 1.82) is 0 Å². The van der Waals surface area contributed by atoms with Crippen LogP contribution in [0, 0.1) is 17.8 Å². The van der Waals surface area contributed by atoms with Gasteiger partial charge in [-0.3, -0.25) is 24.1 Å². The molecule has 6 heteroatoms. The highest BCUT2D eigenvalue weighted by Gasteiger charge is 2.23. The van der Waals surface area contributed by atoms with E-state index >= 15 is 0 Å². The Morgan fingerprint density at radius 1 is 0.692 bits per heavy atom. The van der Waals surface area contributed by atoms with E-state index < -0.39 is 0 Å². The van der Waals surface area contributed by atoms with Crippen LogP contribution >= 0.6 is 0 Å². The summed E-state index contributed by atoms with van der Waals surface area (Å²) in [6.45, 7) is 13.9. The Bertz CT molecular complexity index is 498. The second kappa shape index (κ2) is 11.9. The summed E-state index contributed by atoms with van der Waals surface area (Å²) in [5.74, 6) is -0.416. The van der Waals surface area contributed by atoms with Crippen LogP contribution in [0.25, 0.3) is 0 Å². The molecule has 0 aromatic rings. The first kappa shape index (κ1) is 24.4. The minimum absolute atomic E-state index is 0.00782. The van der Waals surface area contributed by atoms with Crippen molar-refractivity contribution in [2.45, 2.75) is 54.9 Å². The smallest absolute Gasteiger partial charge is 0.225 e. The van der Waals surface area contributed by atoms with Crippen molar-refractivity contribution < 1.29 is 19.2 Å². The van der Waals surface area contributed by atoms with Gasteiger partial charge in [-0.1, -0.05) is 48.5 Å². The zero-order valence-electron chi connectivity index (χ0n) is 17.5. The topological polar surface area (TPSA) is 74.8 Å². The van der Waals surface area contributed by atoms with Crippen molar-refractivity contribution >= 4 is 23.3 Å². The Morgan fingerprint density at radius 2 is 1.19 bits per heavy atom. The molecule has 0 atom stereocenters. The van der Waals surface area contributed by atoms with Crippen LogP contribution in [0.15, 0.2) is 0 Å². The first-order valence-corrected chi connectivity index (χ1v) is 9.57. The molecule has 0 spiro atoms. The van der Waals surface area contributed by atoms with Crippen molar-refractivity contribution in [1.82, 2.24) is 9.80 Å². The summed E-state index contributed by atoms with van der Waals surface area (Å²) >= 11 is 0. The predicted octanol–water partition coefficient (Wildman–Crippen LogP) is 2.20. The lowest BCUT2D eigenvalue weighted by atomic mass is 10.1. The fourth-order valence-electron chi connectivity index (χ4n) is 2.24. The van der Waals surface area contributed by atoms with Gasteiger partial charge >= 0.3 is 0 Å². The van der Waals surface area contributed by atoms with Crippen LogP contribution in [-0.2, 0) is 19.2 Å². The van der Waals surface area contributed by atoms with Crippen molar-refractivity contribution in [3.63, 3.8) is 0 Å². The van der Waals surface area contributed by atoms with Gasteiger partial charge in [0.25, 0.3) is 0 Å². The first-order valence-electron chi connectivity index (χ1n) is 9.57. The van der Waals surface area contributed by atoms with Gasteiger partial charge in [0, 0.05) is 37.3 Å². The number of carbonyl (C=O) groups excluding carboxylic acids is 4. The van der Waals surface area contributed by atoms with E-state index in [1.165, 1.54) is 0 Å². The van der Waals surface area contributed by atoms with Crippen LogP contribution in [0.2, 0.25) is 0 Å². The Kier molecular flexibility index (Phi) is 11.2. The molecule has 0 saturated heterocycles. The summed E-state index contributed by atoms with van der Waals surface area (Å²) in [6.07, 6.45) is 0.410. The maximum absolute atomic E-state index is 12.4. The molecule has 0 radical (unpaired) electrons. The highest BCUT2D eigenvalue weighted by Crippen LogP contribution is 2.06. The molecular weight excluding hydrogens is 332 g/mol.